The van der Waals surface area contributed by atoms with Crippen LogP contribution in [0.5, 0.6) is 0 Å². The van der Waals surface area contributed by atoms with Crippen molar-refractivity contribution >= 4 is 10.0 Å². The normalized spacial score (nSPS) is 12.4. The average molecular weight is 399 g/mol. The van der Waals surface area contributed by atoms with E-state index in [9.17, 15) is 26.0 Å². The molecule has 0 aliphatic heterocycles. The topological polar surface area (TPSA) is 78.0 Å². The van der Waals surface area contributed by atoms with Gasteiger partial charge in [0.05, 0.1) is 16.3 Å². The SMILES string of the molecule is Cc1c(C(F)(F)F)nn(-c2ccc(S(N)(=O)=O)cc2)c1-c1ccc(F)cc1. The van der Waals surface area contributed by atoms with Gasteiger partial charge in [0, 0.05) is 11.1 Å². The standard InChI is InChI=1S/C17H13F4N3O2S/c1-10-15(11-2-4-12(18)5-3-11)24(23-16(10)17(19,20)21)13-6-8-14(9-7-13)27(22,25)26/h2-9H,1H3,(H2,22,25,26). The summed E-state index contributed by atoms with van der Waals surface area (Å²) in [6, 6.07) is 9.86. The van der Waals surface area contributed by atoms with Crippen molar-refractivity contribution in [2.24, 2.45) is 5.14 Å². The third kappa shape index (κ3) is 3.71. The molecule has 10 heteroatoms. The molecule has 0 atom stereocenters. The number of nitrogens with zero attached hydrogens (tertiary/aromatic N) is 2. The molecular formula is C17H13F4N3O2S. The zero-order valence-electron chi connectivity index (χ0n) is 13.8. The zero-order chi connectivity index (χ0) is 20.0. The quantitative estimate of drug-likeness (QED) is 0.683. The second kappa shape index (κ2) is 6.46. The van der Waals surface area contributed by atoms with E-state index in [2.05, 4.69) is 5.10 Å². The molecule has 27 heavy (non-hydrogen) atoms. The summed E-state index contributed by atoms with van der Waals surface area (Å²) in [5, 5.41) is 8.69. The van der Waals surface area contributed by atoms with Gasteiger partial charge in [-0.2, -0.15) is 18.3 Å². The molecular weight excluding hydrogens is 386 g/mol. The van der Waals surface area contributed by atoms with E-state index in [0.29, 0.717) is 5.56 Å². The first-order valence-electron chi connectivity index (χ1n) is 7.54. The Balaban J connectivity index is 2.24. The highest BCUT2D eigenvalue weighted by molar-refractivity contribution is 7.89. The van der Waals surface area contributed by atoms with E-state index in [1.807, 2.05) is 0 Å². The number of primary sulfonamides is 1. The number of sulfonamides is 1. The van der Waals surface area contributed by atoms with Gasteiger partial charge in [0.2, 0.25) is 10.0 Å². The van der Waals surface area contributed by atoms with Gasteiger partial charge in [-0.25, -0.2) is 22.6 Å². The van der Waals surface area contributed by atoms with Crippen molar-refractivity contribution in [2.45, 2.75) is 18.0 Å². The Bertz CT molecular complexity index is 1090. The molecule has 3 aromatic rings. The monoisotopic (exact) mass is 399 g/mol. The molecule has 0 saturated carbocycles. The van der Waals surface area contributed by atoms with Crippen LogP contribution < -0.4 is 5.14 Å². The number of hydrogen-bond donors (Lipinski definition) is 1. The number of alkyl halides is 3. The van der Waals surface area contributed by atoms with Crippen LogP contribution in [-0.2, 0) is 16.2 Å². The van der Waals surface area contributed by atoms with Gasteiger partial charge in [0.25, 0.3) is 0 Å². The predicted molar refractivity (Wildman–Crippen MR) is 90.1 cm³/mol. The first-order chi connectivity index (χ1) is 12.5. The molecule has 5 nitrogen and oxygen atoms in total. The number of hydrogen-bond acceptors (Lipinski definition) is 3. The van der Waals surface area contributed by atoms with Crippen molar-refractivity contribution in [2.75, 3.05) is 0 Å². The fraction of sp³-hybridized carbons (Fsp3) is 0.118. The molecule has 142 valence electrons. The third-order valence-corrected chi connectivity index (χ3v) is 4.85. The number of aromatic nitrogens is 2. The van der Waals surface area contributed by atoms with E-state index in [4.69, 9.17) is 5.14 Å². The Morgan fingerprint density at radius 2 is 1.56 bits per heavy atom. The van der Waals surface area contributed by atoms with Crippen LogP contribution in [0.15, 0.2) is 53.4 Å². The molecule has 0 spiro atoms. The van der Waals surface area contributed by atoms with Gasteiger partial charge in [0.15, 0.2) is 5.69 Å². The lowest BCUT2D eigenvalue weighted by molar-refractivity contribution is -0.141. The van der Waals surface area contributed by atoms with E-state index < -0.39 is 27.7 Å². The molecule has 0 saturated heterocycles. The second-order valence-electron chi connectivity index (χ2n) is 5.78. The van der Waals surface area contributed by atoms with E-state index in [-0.39, 0.29) is 21.8 Å². The van der Waals surface area contributed by atoms with Crippen LogP contribution in [0, 0.1) is 12.7 Å². The smallest absolute Gasteiger partial charge is 0.232 e. The summed E-state index contributed by atoms with van der Waals surface area (Å²) in [5.74, 6) is -0.531. The van der Waals surface area contributed by atoms with Gasteiger partial charge < -0.3 is 0 Å². The fourth-order valence-corrected chi connectivity index (χ4v) is 3.19. The maximum atomic E-state index is 13.3. The molecule has 0 aliphatic rings. The van der Waals surface area contributed by atoms with E-state index in [0.717, 1.165) is 16.8 Å². The van der Waals surface area contributed by atoms with Crippen LogP contribution in [0.4, 0.5) is 17.6 Å². The molecule has 0 bridgehead atoms. The molecule has 0 amide bonds. The highest BCUT2D eigenvalue weighted by Crippen LogP contribution is 2.37. The highest BCUT2D eigenvalue weighted by Gasteiger charge is 2.38. The molecule has 2 N–H and O–H groups in total. The minimum absolute atomic E-state index is 0.116. The first-order valence-corrected chi connectivity index (χ1v) is 9.09. The molecule has 0 aliphatic carbocycles. The summed E-state index contributed by atoms with van der Waals surface area (Å²) >= 11 is 0. The lowest BCUT2D eigenvalue weighted by Crippen LogP contribution is -2.12. The lowest BCUT2D eigenvalue weighted by atomic mass is 10.1. The van der Waals surface area contributed by atoms with Crippen molar-refractivity contribution in [3.8, 4) is 16.9 Å². The van der Waals surface area contributed by atoms with E-state index in [1.54, 1.807) is 0 Å². The summed E-state index contributed by atoms with van der Waals surface area (Å²) in [6.07, 6.45) is -4.69. The number of halogens is 4. The fourth-order valence-electron chi connectivity index (χ4n) is 2.68. The largest absolute Gasteiger partial charge is 0.435 e. The molecule has 0 fully saturated rings. The third-order valence-electron chi connectivity index (χ3n) is 3.92. The van der Waals surface area contributed by atoms with Crippen molar-refractivity contribution < 1.29 is 26.0 Å². The number of rotatable bonds is 3. The first kappa shape index (κ1) is 19.1. The van der Waals surface area contributed by atoms with E-state index in [1.165, 1.54) is 43.3 Å². The zero-order valence-corrected chi connectivity index (χ0v) is 14.6. The number of benzene rings is 2. The van der Waals surface area contributed by atoms with Crippen LogP contribution in [0.2, 0.25) is 0 Å². The Morgan fingerprint density at radius 1 is 1.00 bits per heavy atom. The maximum absolute atomic E-state index is 13.3. The maximum Gasteiger partial charge on any atom is 0.435 e. The summed E-state index contributed by atoms with van der Waals surface area (Å²) in [7, 11) is -3.95. The van der Waals surface area contributed by atoms with Crippen molar-refractivity contribution in [3.05, 3.63) is 65.6 Å². The van der Waals surface area contributed by atoms with Crippen molar-refractivity contribution in [1.82, 2.24) is 9.78 Å². The Labute approximate surface area is 152 Å². The minimum Gasteiger partial charge on any atom is -0.232 e. The van der Waals surface area contributed by atoms with Gasteiger partial charge in [-0.3, -0.25) is 0 Å². The van der Waals surface area contributed by atoms with Gasteiger partial charge in [-0.1, -0.05) is 0 Å². The van der Waals surface area contributed by atoms with Gasteiger partial charge in [0.1, 0.15) is 5.82 Å². The molecule has 1 heterocycles. The molecule has 1 aromatic heterocycles. The predicted octanol–water partition coefficient (Wildman–Crippen LogP) is 3.65. The Morgan fingerprint density at radius 3 is 2.04 bits per heavy atom. The van der Waals surface area contributed by atoms with Gasteiger partial charge in [-0.15, -0.1) is 0 Å². The Kier molecular flexibility index (Phi) is 4.56. The number of nitrogens with two attached hydrogens (primary N) is 1. The summed E-state index contributed by atoms with van der Waals surface area (Å²) in [5.41, 5.74) is -0.583. The highest BCUT2D eigenvalue weighted by atomic mass is 32.2. The molecule has 2 aromatic carbocycles. The average Bonchev–Trinajstić information content (AvgIpc) is 2.92. The van der Waals surface area contributed by atoms with Crippen molar-refractivity contribution in [1.29, 1.82) is 0 Å². The van der Waals surface area contributed by atoms with Crippen LogP contribution in [0.25, 0.3) is 16.9 Å². The van der Waals surface area contributed by atoms with Gasteiger partial charge >= 0.3 is 6.18 Å². The second-order valence-corrected chi connectivity index (χ2v) is 7.34. The van der Waals surface area contributed by atoms with E-state index >= 15 is 0 Å². The molecule has 0 radical (unpaired) electrons. The van der Waals surface area contributed by atoms with Crippen LogP contribution >= 0.6 is 0 Å². The summed E-state index contributed by atoms with van der Waals surface area (Å²) in [4.78, 5) is -0.186. The van der Waals surface area contributed by atoms with Crippen LogP contribution in [0.1, 0.15) is 11.3 Å². The van der Waals surface area contributed by atoms with Gasteiger partial charge in [-0.05, 0) is 55.5 Å². The summed E-state index contributed by atoms with van der Waals surface area (Å²) < 4.78 is 76.9. The van der Waals surface area contributed by atoms with Crippen LogP contribution in [-0.4, -0.2) is 18.2 Å². The summed E-state index contributed by atoms with van der Waals surface area (Å²) in [6.45, 7) is 1.27. The Hall–Kier alpha value is -2.72. The lowest BCUT2D eigenvalue weighted by Gasteiger charge is -2.09. The molecule has 3 rings (SSSR count). The minimum atomic E-state index is -4.69. The van der Waals surface area contributed by atoms with Crippen molar-refractivity contribution in [3.63, 3.8) is 0 Å². The van der Waals surface area contributed by atoms with Crippen LogP contribution in [0.3, 0.4) is 0 Å². The molecule has 0 unspecified atom stereocenters.